The molecule has 2 N–H and O–H groups in total. The van der Waals surface area contributed by atoms with Crippen molar-refractivity contribution in [1.29, 1.82) is 0 Å². The van der Waals surface area contributed by atoms with Gasteiger partial charge in [-0.3, -0.25) is 0 Å². The highest BCUT2D eigenvalue weighted by Gasteiger charge is 2.19. The number of hydrogen-bond acceptors (Lipinski definition) is 7. The number of nitrogens with zero attached hydrogens (tertiary/aromatic N) is 2. The minimum Gasteiger partial charge on any atom is -0.493 e. The molecule has 0 aliphatic heterocycles. The Balaban J connectivity index is 1.96. The fourth-order valence-electron chi connectivity index (χ4n) is 2.68. The Bertz CT molecular complexity index is 939. The molecule has 130 valence electrons. The van der Waals surface area contributed by atoms with E-state index in [-0.39, 0.29) is 4.88 Å². The molecular weight excluding hydrogens is 342 g/mol. The van der Waals surface area contributed by atoms with Crippen LogP contribution in [0.15, 0.2) is 24.5 Å². The number of carboxylic acid groups (broad SMARTS) is 1. The number of para-hydroxylation sites is 1. The normalized spacial score (nSPS) is 10.7. The minimum atomic E-state index is -0.957. The van der Waals surface area contributed by atoms with E-state index >= 15 is 0 Å². The molecule has 0 atom stereocenters. The Morgan fingerprint density at radius 3 is 2.76 bits per heavy atom. The van der Waals surface area contributed by atoms with Crippen molar-refractivity contribution < 1.29 is 19.4 Å². The number of carboxylic acids is 1. The van der Waals surface area contributed by atoms with Crippen molar-refractivity contribution >= 4 is 33.3 Å². The number of hydrogen-bond donors (Lipinski definition) is 2. The predicted molar refractivity (Wildman–Crippen MR) is 96.0 cm³/mol. The molecule has 0 saturated carbocycles. The number of methoxy groups -OCH3 is 2. The molecule has 0 amide bonds. The number of aromatic carboxylic acids is 1. The lowest BCUT2D eigenvalue weighted by atomic mass is 10.1. The summed E-state index contributed by atoms with van der Waals surface area (Å²) in [5.74, 6) is 0.933. The van der Waals surface area contributed by atoms with Crippen LogP contribution in [0, 0.1) is 6.92 Å². The monoisotopic (exact) mass is 359 g/mol. The van der Waals surface area contributed by atoms with Crippen LogP contribution < -0.4 is 14.8 Å². The summed E-state index contributed by atoms with van der Waals surface area (Å²) in [5, 5.41) is 13.3. The molecule has 8 heteroatoms. The number of aryl methyl sites for hydroxylation is 1. The van der Waals surface area contributed by atoms with E-state index in [4.69, 9.17) is 9.47 Å². The number of benzene rings is 1. The number of anilines is 1. The van der Waals surface area contributed by atoms with E-state index < -0.39 is 5.97 Å². The van der Waals surface area contributed by atoms with Crippen LogP contribution in [0.5, 0.6) is 11.5 Å². The van der Waals surface area contributed by atoms with Gasteiger partial charge in [-0.1, -0.05) is 12.1 Å². The van der Waals surface area contributed by atoms with Crippen molar-refractivity contribution in [3.05, 3.63) is 40.5 Å². The Kier molecular flexibility index (Phi) is 4.71. The van der Waals surface area contributed by atoms with Crippen LogP contribution >= 0.6 is 11.3 Å². The number of aromatic nitrogens is 2. The van der Waals surface area contributed by atoms with Gasteiger partial charge in [-0.2, -0.15) is 0 Å². The number of rotatable bonds is 6. The molecular formula is C17H17N3O4S. The first kappa shape index (κ1) is 17.0. The zero-order valence-electron chi connectivity index (χ0n) is 14.0. The van der Waals surface area contributed by atoms with Gasteiger partial charge in [0.25, 0.3) is 0 Å². The van der Waals surface area contributed by atoms with E-state index in [0.717, 1.165) is 22.3 Å². The van der Waals surface area contributed by atoms with Crippen molar-refractivity contribution in [1.82, 2.24) is 9.97 Å². The molecule has 25 heavy (non-hydrogen) atoms. The lowest BCUT2D eigenvalue weighted by Crippen LogP contribution is -2.05. The lowest BCUT2D eigenvalue weighted by Gasteiger charge is -2.13. The van der Waals surface area contributed by atoms with Gasteiger partial charge in [0.05, 0.1) is 19.6 Å². The van der Waals surface area contributed by atoms with Crippen molar-refractivity contribution in [2.24, 2.45) is 0 Å². The third-order valence-electron chi connectivity index (χ3n) is 3.85. The Labute approximate surface area is 148 Å². The summed E-state index contributed by atoms with van der Waals surface area (Å²) < 4.78 is 10.7. The summed E-state index contributed by atoms with van der Waals surface area (Å²) in [7, 11) is 3.18. The maximum absolute atomic E-state index is 11.3. The third-order valence-corrected chi connectivity index (χ3v) is 5.04. The molecule has 0 saturated heterocycles. The van der Waals surface area contributed by atoms with Gasteiger partial charge >= 0.3 is 5.97 Å². The smallest absolute Gasteiger partial charge is 0.346 e. The Hall–Kier alpha value is -2.87. The van der Waals surface area contributed by atoms with Gasteiger partial charge in [0, 0.05) is 12.1 Å². The maximum atomic E-state index is 11.3. The number of ether oxygens (including phenoxy) is 2. The molecule has 0 unspecified atom stereocenters. The molecule has 0 spiro atoms. The van der Waals surface area contributed by atoms with Gasteiger partial charge in [-0.25, -0.2) is 14.8 Å². The van der Waals surface area contributed by atoms with E-state index in [1.54, 1.807) is 21.1 Å². The first-order chi connectivity index (χ1) is 12.1. The topological polar surface area (TPSA) is 93.6 Å². The summed E-state index contributed by atoms with van der Waals surface area (Å²) >= 11 is 1.15. The molecule has 0 bridgehead atoms. The van der Waals surface area contributed by atoms with Crippen LogP contribution in [0.3, 0.4) is 0 Å². The van der Waals surface area contributed by atoms with E-state index in [1.165, 1.54) is 6.33 Å². The second kappa shape index (κ2) is 6.94. The van der Waals surface area contributed by atoms with Crippen LogP contribution in [-0.4, -0.2) is 35.3 Å². The summed E-state index contributed by atoms with van der Waals surface area (Å²) in [5.41, 5.74) is 1.56. The third kappa shape index (κ3) is 3.08. The minimum absolute atomic E-state index is 0.275. The van der Waals surface area contributed by atoms with E-state index in [9.17, 15) is 9.90 Å². The first-order valence-electron chi connectivity index (χ1n) is 7.48. The second-order valence-electron chi connectivity index (χ2n) is 5.27. The predicted octanol–water partition coefficient (Wildman–Crippen LogP) is 3.33. The van der Waals surface area contributed by atoms with Crippen LogP contribution in [0.2, 0.25) is 0 Å². The van der Waals surface area contributed by atoms with Crippen molar-refractivity contribution in [3.63, 3.8) is 0 Å². The number of thiophene rings is 1. The van der Waals surface area contributed by atoms with Crippen molar-refractivity contribution in [3.8, 4) is 11.5 Å². The van der Waals surface area contributed by atoms with Gasteiger partial charge in [-0.05, 0) is 18.6 Å². The van der Waals surface area contributed by atoms with E-state index in [2.05, 4.69) is 15.3 Å². The number of fused-ring (bicyclic) bond motifs is 1. The van der Waals surface area contributed by atoms with Gasteiger partial charge in [0.1, 0.15) is 21.9 Å². The molecule has 3 rings (SSSR count). The average molecular weight is 359 g/mol. The Morgan fingerprint density at radius 1 is 1.28 bits per heavy atom. The van der Waals surface area contributed by atoms with Gasteiger partial charge < -0.3 is 19.9 Å². The maximum Gasteiger partial charge on any atom is 0.346 e. The highest BCUT2D eigenvalue weighted by molar-refractivity contribution is 7.20. The molecule has 0 aliphatic rings. The summed E-state index contributed by atoms with van der Waals surface area (Å²) in [6.07, 6.45) is 1.43. The van der Waals surface area contributed by atoms with Crippen LogP contribution in [0.1, 0.15) is 20.8 Å². The zero-order valence-corrected chi connectivity index (χ0v) is 14.8. The molecule has 3 aromatic rings. The summed E-state index contributed by atoms with van der Waals surface area (Å²) in [4.78, 5) is 20.7. The average Bonchev–Trinajstić information content (AvgIpc) is 2.97. The van der Waals surface area contributed by atoms with Gasteiger partial charge in [0.15, 0.2) is 11.5 Å². The van der Waals surface area contributed by atoms with E-state index in [0.29, 0.717) is 34.3 Å². The summed E-state index contributed by atoms with van der Waals surface area (Å²) in [6, 6.07) is 5.63. The quantitative estimate of drug-likeness (QED) is 0.697. The van der Waals surface area contributed by atoms with Crippen LogP contribution in [-0.2, 0) is 6.54 Å². The van der Waals surface area contributed by atoms with Crippen molar-refractivity contribution in [2.45, 2.75) is 13.5 Å². The standard InChI is InChI=1S/C17H17N3O4S/c1-9-12-15(19-8-20-16(12)25-14(9)17(21)22)18-7-10-5-4-6-11(23-2)13(10)24-3/h4-6,8H,7H2,1-3H3,(H,21,22)(H,18,19,20). The molecule has 2 aromatic heterocycles. The molecule has 0 fully saturated rings. The summed E-state index contributed by atoms with van der Waals surface area (Å²) in [6.45, 7) is 2.22. The number of carbonyl (C=O) groups is 1. The Morgan fingerprint density at radius 2 is 2.08 bits per heavy atom. The van der Waals surface area contributed by atoms with Crippen LogP contribution in [0.4, 0.5) is 5.82 Å². The molecule has 7 nitrogen and oxygen atoms in total. The van der Waals surface area contributed by atoms with Gasteiger partial charge in [-0.15, -0.1) is 11.3 Å². The van der Waals surface area contributed by atoms with Crippen molar-refractivity contribution in [2.75, 3.05) is 19.5 Å². The molecule has 2 heterocycles. The van der Waals surface area contributed by atoms with Gasteiger partial charge in [0.2, 0.25) is 0 Å². The SMILES string of the molecule is COc1cccc(CNc2ncnc3sc(C(=O)O)c(C)c23)c1OC. The lowest BCUT2D eigenvalue weighted by molar-refractivity contribution is 0.0701. The first-order valence-corrected chi connectivity index (χ1v) is 8.29. The van der Waals surface area contributed by atoms with E-state index in [1.807, 2.05) is 18.2 Å². The zero-order chi connectivity index (χ0) is 18.0. The molecule has 0 radical (unpaired) electrons. The second-order valence-corrected chi connectivity index (χ2v) is 6.27. The fraction of sp³-hybridized carbons (Fsp3) is 0.235. The van der Waals surface area contributed by atoms with Crippen LogP contribution in [0.25, 0.3) is 10.2 Å². The number of nitrogens with one attached hydrogen (secondary N) is 1. The largest absolute Gasteiger partial charge is 0.493 e. The molecule has 1 aromatic carbocycles. The highest BCUT2D eigenvalue weighted by Crippen LogP contribution is 2.35. The fourth-order valence-corrected chi connectivity index (χ4v) is 3.67. The molecule has 0 aliphatic carbocycles. The highest BCUT2D eigenvalue weighted by atomic mass is 32.1.